The third-order valence-corrected chi connectivity index (χ3v) is 1.90. The van der Waals surface area contributed by atoms with Crippen LogP contribution in [0, 0.1) is 0 Å². The largest absolute Gasteiger partial charge is 0.460 e. The van der Waals surface area contributed by atoms with Crippen LogP contribution in [0.4, 0.5) is 0 Å². The van der Waals surface area contributed by atoms with E-state index in [1.807, 2.05) is 13.0 Å². The third-order valence-electron chi connectivity index (χ3n) is 1.90. The molecular formula is C12H20O3. The van der Waals surface area contributed by atoms with Gasteiger partial charge in [0, 0.05) is 0 Å². The molecule has 15 heavy (non-hydrogen) atoms. The number of allylic oxidation sites excluding steroid dienone is 3. The average molecular weight is 212 g/mol. The normalized spacial score (nSPS) is 11.1. The summed E-state index contributed by atoms with van der Waals surface area (Å²) in [6.45, 7) is 5.85. The first-order chi connectivity index (χ1) is 7.06. The molecule has 0 bridgehead atoms. The first kappa shape index (κ1) is 13.9. The second-order valence-electron chi connectivity index (χ2n) is 3.71. The van der Waals surface area contributed by atoms with Crippen molar-refractivity contribution in [1.29, 1.82) is 0 Å². The topological polar surface area (TPSA) is 46.5 Å². The number of aliphatic hydroxyl groups excluding tert-OH is 1. The zero-order valence-electron chi connectivity index (χ0n) is 9.75. The average Bonchev–Trinajstić information content (AvgIpc) is 2.17. The van der Waals surface area contributed by atoms with Gasteiger partial charge >= 0.3 is 5.97 Å². The highest BCUT2D eigenvalue weighted by Gasteiger charge is 1.96. The van der Waals surface area contributed by atoms with Crippen LogP contribution in [0.15, 0.2) is 23.3 Å². The Kier molecular flexibility index (Phi) is 7.64. The van der Waals surface area contributed by atoms with Gasteiger partial charge in [0.05, 0.1) is 0 Å². The SMILES string of the molecule is CC(C)=CCC/C(C)=C/COC(=O)CO. The van der Waals surface area contributed by atoms with E-state index in [0.717, 1.165) is 12.8 Å². The van der Waals surface area contributed by atoms with Gasteiger partial charge in [-0.3, -0.25) is 0 Å². The van der Waals surface area contributed by atoms with Gasteiger partial charge in [0.2, 0.25) is 0 Å². The van der Waals surface area contributed by atoms with Gasteiger partial charge in [0.25, 0.3) is 0 Å². The summed E-state index contributed by atoms with van der Waals surface area (Å²) in [5, 5.41) is 8.40. The lowest BCUT2D eigenvalue weighted by Gasteiger charge is -2.01. The highest BCUT2D eigenvalue weighted by molar-refractivity contribution is 5.70. The Hall–Kier alpha value is -1.09. The summed E-state index contributed by atoms with van der Waals surface area (Å²) in [7, 11) is 0. The molecule has 0 unspecified atom stereocenters. The molecule has 0 aromatic rings. The Morgan fingerprint density at radius 3 is 2.47 bits per heavy atom. The Morgan fingerprint density at radius 1 is 1.27 bits per heavy atom. The molecular weight excluding hydrogens is 192 g/mol. The smallest absolute Gasteiger partial charge is 0.332 e. The van der Waals surface area contributed by atoms with E-state index in [1.54, 1.807) is 0 Å². The number of hydrogen-bond donors (Lipinski definition) is 1. The van der Waals surface area contributed by atoms with Gasteiger partial charge in [-0.25, -0.2) is 4.79 Å². The highest BCUT2D eigenvalue weighted by Crippen LogP contribution is 2.06. The van der Waals surface area contributed by atoms with Crippen LogP contribution in [0.2, 0.25) is 0 Å². The van der Waals surface area contributed by atoms with Gasteiger partial charge in [-0.15, -0.1) is 0 Å². The van der Waals surface area contributed by atoms with Crippen LogP contribution in [0.5, 0.6) is 0 Å². The molecule has 0 aromatic heterocycles. The van der Waals surface area contributed by atoms with Crippen LogP contribution in [0.3, 0.4) is 0 Å². The van der Waals surface area contributed by atoms with Crippen molar-refractivity contribution in [2.75, 3.05) is 13.2 Å². The van der Waals surface area contributed by atoms with Crippen LogP contribution in [-0.2, 0) is 9.53 Å². The molecule has 1 N–H and O–H groups in total. The predicted molar refractivity (Wildman–Crippen MR) is 60.5 cm³/mol. The van der Waals surface area contributed by atoms with Crippen molar-refractivity contribution in [1.82, 2.24) is 0 Å². The summed E-state index contributed by atoms with van der Waals surface area (Å²) >= 11 is 0. The molecule has 0 radical (unpaired) electrons. The van der Waals surface area contributed by atoms with E-state index in [-0.39, 0.29) is 6.61 Å². The zero-order valence-corrected chi connectivity index (χ0v) is 9.75. The van der Waals surface area contributed by atoms with Crippen molar-refractivity contribution < 1.29 is 14.6 Å². The molecule has 0 aliphatic heterocycles. The van der Waals surface area contributed by atoms with Crippen molar-refractivity contribution in [3.05, 3.63) is 23.3 Å². The van der Waals surface area contributed by atoms with Crippen LogP contribution in [0.1, 0.15) is 33.6 Å². The van der Waals surface area contributed by atoms with Gasteiger partial charge in [-0.2, -0.15) is 0 Å². The molecule has 0 aliphatic rings. The van der Waals surface area contributed by atoms with E-state index >= 15 is 0 Å². The number of hydrogen-bond acceptors (Lipinski definition) is 3. The first-order valence-electron chi connectivity index (χ1n) is 5.11. The van der Waals surface area contributed by atoms with Crippen molar-refractivity contribution >= 4 is 5.97 Å². The Morgan fingerprint density at radius 2 is 1.93 bits per heavy atom. The summed E-state index contributed by atoms with van der Waals surface area (Å²) in [4.78, 5) is 10.6. The minimum absolute atomic E-state index is 0.250. The van der Waals surface area contributed by atoms with Crippen LogP contribution >= 0.6 is 0 Å². The summed E-state index contributed by atoms with van der Waals surface area (Å²) < 4.78 is 4.71. The minimum atomic E-state index is -0.580. The van der Waals surface area contributed by atoms with Crippen molar-refractivity contribution in [3.8, 4) is 0 Å². The van der Waals surface area contributed by atoms with E-state index in [0.29, 0.717) is 0 Å². The van der Waals surface area contributed by atoms with Crippen LogP contribution in [0.25, 0.3) is 0 Å². The van der Waals surface area contributed by atoms with Gasteiger partial charge in [-0.05, 0) is 39.7 Å². The molecule has 0 aromatic carbocycles. The lowest BCUT2D eigenvalue weighted by Crippen LogP contribution is -2.08. The molecule has 3 heteroatoms. The van der Waals surface area contributed by atoms with Crippen molar-refractivity contribution in [2.45, 2.75) is 33.6 Å². The van der Waals surface area contributed by atoms with Gasteiger partial charge in [0.1, 0.15) is 13.2 Å². The number of ether oxygens (including phenoxy) is 1. The molecule has 0 aliphatic carbocycles. The minimum Gasteiger partial charge on any atom is -0.460 e. The molecule has 0 heterocycles. The zero-order chi connectivity index (χ0) is 11.7. The molecule has 0 spiro atoms. The Labute approximate surface area is 91.4 Å². The maximum atomic E-state index is 10.6. The molecule has 0 amide bonds. The second kappa shape index (κ2) is 8.24. The van der Waals surface area contributed by atoms with E-state index < -0.39 is 12.6 Å². The maximum absolute atomic E-state index is 10.6. The van der Waals surface area contributed by atoms with Crippen LogP contribution < -0.4 is 0 Å². The highest BCUT2D eigenvalue weighted by atomic mass is 16.5. The molecule has 0 atom stereocenters. The number of rotatable bonds is 6. The quantitative estimate of drug-likeness (QED) is 0.542. The van der Waals surface area contributed by atoms with Gasteiger partial charge < -0.3 is 9.84 Å². The van der Waals surface area contributed by atoms with E-state index in [1.165, 1.54) is 11.1 Å². The number of esters is 1. The fraction of sp³-hybridized carbons (Fsp3) is 0.583. The first-order valence-corrected chi connectivity index (χ1v) is 5.11. The molecule has 0 fully saturated rings. The monoisotopic (exact) mass is 212 g/mol. The van der Waals surface area contributed by atoms with E-state index in [2.05, 4.69) is 19.9 Å². The number of carbonyl (C=O) groups is 1. The standard InChI is InChI=1S/C12H20O3/c1-10(2)5-4-6-11(3)7-8-15-12(14)9-13/h5,7,13H,4,6,8-9H2,1-3H3/b11-7+. The van der Waals surface area contributed by atoms with Gasteiger partial charge in [0.15, 0.2) is 0 Å². The molecule has 0 rings (SSSR count). The second-order valence-corrected chi connectivity index (χ2v) is 3.71. The van der Waals surface area contributed by atoms with E-state index in [9.17, 15) is 4.79 Å². The summed E-state index contributed by atoms with van der Waals surface area (Å²) in [6.07, 6.45) is 6.03. The fourth-order valence-electron chi connectivity index (χ4n) is 1.01. The maximum Gasteiger partial charge on any atom is 0.332 e. The summed E-state index contributed by atoms with van der Waals surface area (Å²) in [6, 6.07) is 0. The number of aliphatic hydroxyl groups is 1. The fourth-order valence-corrected chi connectivity index (χ4v) is 1.01. The third kappa shape index (κ3) is 9.22. The lowest BCUT2D eigenvalue weighted by molar-refractivity contribution is -0.145. The van der Waals surface area contributed by atoms with Crippen molar-refractivity contribution in [2.24, 2.45) is 0 Å². The molecule has 3 nitrogen and oxygen atoms in total. The summed E-state index contributed by atoms with van der Waals surface area (Å²) in [5.41, 5.74) is 2.51. The number of carbonyl (C=O) groups excluding carboxylic acids is 1. The lowest BCUT2D eigenvalue weighted by atomic mass is 10.1. The van der Waals surface area contributed by atoms with Crippen molar-refractivity contribution in [3.63, 3.8) is 0 Å². The van der Waals surface area contributed by atoms with E-state index in [4.69, 9.17) is 9.84 Å². The summed E-state index contributed by atoms with van der Waals surface area (Å²) in [5.74, 6) is -0.580. The predicted octanol–water partition coefficient (Wildman–Crippen LogP) is 2.21. The Balaban J connectivity index is 3.70. The van der Waals surface area contributed by atoms with Gasteiger partial charge in [-0.1, -0.05) is 17.2 Å². The molecule has 0 saturated carbocycles. The van der Waals surface area contributed by atoms with Crippen LogP contribution in [-0.4, -0.2) is 24.3 Å². The Bertz CT molecular complexity index is 248. The molecule has 86 valence electrons. The molecule has 0 saturated heterocycles.